The zero-order valence-electron chi connectivity index (χ0n) is 18.9. The minimum atomic E-state index is -1.20. The standard InChI is InChI=1S/C25H33NO4S/c1-5-6-15-25(28)24(2,18-20-10-8-7-9-11-20)31-23(27)26(25)16-14-19-12-13-21(29-3)22(17-19)30-4/h7-13,17,28H,5-6,14-16,18H2,1-4H3. The van der Waals surface area contributed by atoms with Gasteiger partial charge < -0.3 is 19.5 Å². The van der Waals surface area contributed by atoms with E-state index in [4.69, 9.17) is 9.47 Å². The van der Waals surface area contributed by atoms with Crippen LogP contribution in [0, 0.1) is 0 Å². The molecule has 0 aliphatic carbocycles. The summed E-state index contributed by atoms with van der Waals surface area (Å²) in [5.74, 6) is 1.34. The first-order valence-electron chi connectivity index (χ1n) is 10.8. The number of methoxy groups -OCH3 is 2. The van der Waals surface area contributed by atoms with Crippen molar-refractivity contribution in [2.24, 2.45) is 0 Å². The molecule has 2 atom stereocenters. The van der Waals surface area contributed by atoms with Gasteiger partial charge in [-0.25, -0.2) is 0 Å². The van der Waals surface area contributed by atoms with Crippen LogP contribution in [0.5, 0.6) is 11.5 Å². The molecule has 5 nitrogen and oxygen atoms in total. The Morgan fingerprint density at radius 1 is 1.03 bits per heavy atom. The van der Waals surface area contributed by atoms with E-state index >= 15 is 0 Å². The number of hydrogen-bond acceptors (Lipinski definition) is 5. The Labute approximate surface area is 189 Å². The highest BCUT2D eigenvalue weighted by Gasteiger charge is 2.59. The molecule has 6 heteroatoms. The molecule has 31 heavy (non-hydrogen) atoms. The third-order valence-corrected chi connectivity index (χ3v) is 7.48. The number of benzene rings is 2. The van der Waals surface area contributed by atoms with Gasteiger partial charge in [0.1, 0.15) is 0 Å². The van der Waals surface area contributed by atoms with E-state index in [1.165, 1.54) is 11.8 Å². The molecular weight excluding hydrogens is 410 g/mol. The lowest BCUT2D eigenvalue weighted by Crippen LogP contribution is -2.57. The topological polar surface area (TPSA) is 59.0 Å². The van der Waals surface area contributed by atoms with Crippen molar-refractivity contribution in [2.45, 2.75) is 56.4 Å². The van der Waals surface area contributed by atoms with Crippen molar-refractivity contribution in [3.63, 3.8) is 0 Å². The molecule has 2 aromatic carbocycles. The molecule has 0 saturated carbocycles. The molecule has 1 N–H and O–H groups in total. The Morgan fingerprint density at radius 3 is 2.39 bits per heavy atom. The molecule has 0 spiro atoms. The van der Waals surface area contributed by atoms with Gasteiger partial charge in [0.15, 0.2) is 17.2 Å². The first kappa shape index (κ1) is 23.5. The average Bonchev–Trinajstić information content (AvgIpc) is 2.95. The maximum Gasteiger partial charge on any atom is 0.284 e. The summed E-state index contributed by atoms with van der Waals surface area (Å²) in [4.78, 5) is 14.8. The van der Waals surface area contributed by atoms with Crippen molar-refractivity contribution in [1.29, 1.82) is 0 Å². The number of thioether (sulfide) groups is 1. The third-order valence-electron chi connectivity index (χ3n) is 6.16. The zero-order chi connectivity index (χ0) is 22.5. The number of rotatable bonds is 10. The third kappa shape index (κ3) is 4.85. The molecule has 0 aromatic heterocycles. The molecule has 2 aromatic rings. The van der Waals surface area contributed by atoms with Crippen LogP contribution in [0.4, 0.5) is 4.79 Å². The lowest BCUT2D eigenvalue weighted by Gasteiger charge is -2.43. The van der Waals surface area contributed by atoms with E-state index in [2.05, 4.69) is 19.1 Å². The van der Waals surface area contributed by atoms with Gasteiger partial charge in [-0.05, 0) is 55.9 Å². The molecule has 1 heterocycles. The number of carbonyl (C=O) groups is 1. The minimum Gasteiger partial charge on any atom is -0.493 e. The predicted octanol–water partition coefficient (Wildman–Crippen LogP) is 5.30. The van der Waals surface area contributed by atoms with E-state index in [-0.39, 0.29) is 5.24 Å². The molecule has 2 unspecified atom stereocenters. The molecule has 1 saturated heterocycles. The van der Waals surface area contributed by atoms with E-state index < -0.39 is 10.5 Å². The molecule has 3 rings (SSSR count). The number of ether oxygens (including phenoxy) is 2. The van der Waals surface area contributed by atoms with E-state index in [0.717, 1.165) is 24.0 Å². The Hall–Kier alpha value is -2.18. The van der Waals surface area contributed by atoms with Crippen molar-refractivity contribution in [2.75, 3.05) is 20.8 Å². The summed E-state index contributed by atoms with van der Waals surface area (Å²) in [6.07, 6.45) is 3.66. The van der Waals surface area contributed by atoms with Gasteiger partial charge in [0.2, 0.25) is 0 Å². The average molecular weight is 444 g/mol. The molecular formula is C25H33NO4S. The second-order valence-electron chi connectivity index (χ2n) is 8.27. The molecule has 0 radical (unpaired) electrons. The van der Waals surface area contributed by atoms with Crippen LogP contribution in [-0.4, -0.2) is 46.5 Å². The summed E-state index contributed by atoms with van der Waals surface area (Å²) in [6, 6.07) is 15.9. The van der Waals surface area contributed by atoms with Gasteiger partial charge in [0.05, 0.1) is 19.0 Å². The number of hydrogen-bond donors (Lipinski definition) is 1. The first-order chi connectivity index (χ1) is 14.9. The van der Waals surface area contributed by atoms with E-state index in [1.54, 1.807) is 19.1 Å². The maximum absolute atomic E-state index is 13.1. The first-order valence-corrected chi connectivity index (χ1v) is 11.7. The van der Waals surface area contributed by atoms with Crippen molar-refractivity contribution in [3.8, 4) is 11.5 Å². The lowest BCUT2D eigenvalue weighted by molar-refractivity contribution is -0.102. The summed E-state index contributed by atoms with van der Waals surface area (Å²) in [5, 5.41) is 11.9. The van der Waals surface area contributed by atoms with Crippen LogP contribution in [0.2, 0.25) is 0 Å². The zero-order valence-corrected chi connectivity index (χ0v) is 19.7. The Kier molecular flexibility index (Phi) is 7.55. The number of nitrogens with zero attached hydrogens (tertiary/aromatic N) is 1. The maximum atomic E-state index is 13.1. The summed E-state index contributed by atoms with van der Waals surface area (Å²) >= 11 is 1.27. The highest BCUT2D eigenvalue weighted by molar-refractivity contribution is 8.15. The molecule has 1 amide bonds. The monoisotopic (exact) mass is 443 g/mol. The Bertz CT molecular complexity index is 890. The summed E-state index contributed by atoms with van der Waals surface area (Å²) in [7, 11) is 3.22. The lowest BCUT2D eigenvalue weighted by atomic mass is 9.85. The Balaban J connectivity index is 1.83. The second-order valence-corrected chi connectivity index (χ2v) is 9.73. The molecule has 1 aliphatic rings. The number of amides is 1. The number of aliphatic hydroxyl groups is 1. The van der Waals surface area contributed by atoms with Gasteiger partial charge in [-0.1, -0.05) is 61.5 Å². The van der Waals surface area contributed by atoms with Crippen molar-refractivity contribution < 1.29 is 19.4 Å². The van der Waals surface area contributed by atoms with Gasteiger partial charge in [0.25, 0.3) is 5.24 Å². The second kappa shape index (κ2) is 9.96. The van der Waals surface area contributed by atoms with Crippen LogP contribution in [-0.2, 0) is 12.8 Å². The predicted molar refractivity (Wildman–Crippen MR) is 126 cm³/mol. The van der Waals surface area contributed by atoms with Crippen LogP contribution in [0.1, 0.15) is 44.2 Å². The van der Waals surface area contributed by atoms with Crippen LogP contribution < -0.4 is 9.47 Å². The largest absolute Gasteiger partial charge is 0.493 e. The van der Waals surface area contributed by atoms with Gasteiger partial charge >= 0.3 is 0 Å². The van der Waals surface area contributed by atoms with E-state index in [1.807, 2.05) is 43.3 Å². The molecule has 0 bridgehead atoms. The number of carbonyl (C=O) groups excluding carboxylic acids is 1. The molecule has 1 fully saturated rings. The van der Waals surface area contributed by atoms with Crippen LogP contribution in [0.3, 0.4) is 0 Å². The van der Waals surface area contributed by atoms with Crippen molar-refractivity contribution in [1.82, 2.24) is 4.90 Å². The van der Waals surface area contributed by atoms with Crippen LogP contribution in [0.15, 0.2) is 48.5 Å². The highest BCUT2D eigenvalue weighted by atomic mass is 32.2. The summed E-state index contributed by atoms with van der Waals surface area (Å²) in [5.41, 5.74) is 0.962. The van der Waals surface area contributed by atoms with Gasteiger partial charge in [-0.2, -0.15) is 0 Å². The fourth-order valence-corrected chi connectivity index (χ4v) is 5.66. The van der Waals surface area contributed by atoms with Crippen LogP contribution in [0.25, 0.3) is 0 Å². The van der Waals surface area contributed by atoms with Crippen LogP contribution >= 0.6 is 11.8 Å². The fraction of sp³-hybridized carbons (Fsp3) is 0.480. The van der Waals surface area contributed by atoms with Crippen molar-refractivity contribution in [3.05, 3.63) is 59.7 Å². The SMILES string of the molecule is CCCCC1(O)N(CCc2ccc(OC)c(OC)c2)C(=O)SC1(C)Cc1ccccc1. The molecule has 1 aliphatic heterocycles. The molecule has 168 valence electrons. The fourth-order valence-electron chi connectivity index (χ4n) is 4.30. The van der Waals surface area contributed by atoms with Crippen molar-refractivity contribution >= 4 is 17.0 Å². The van der Waals surface area contributed by atoms with Gasteiger partial charge in [0, 0.05) is 6.54 Å². The summed E-state index contributed by atoms with van der Waals surface area (Å²) < 4.78 is 10.1. The minimum absolute atomic E-state index is 0.0579. The van der Waals surface area contributed by atoms with Gasteiger partial charge in [-0.15, -0.1) is 0 Å². The summed E-state index contributed by atoms with van der Waals surface area (Å²) in [6.45, 7) is 4.58. The van der Waals surface area contributed by atoms with E-state index in [0.29, 0.717) is 37.3 Å². The highest BCUT2D eigenvalue weighted by Crippen LogP contribution is 2.51. The quantitative estimate of drug-likeness (QED) is 0.540. The Morgan fingerprint density at radius 2 is 1.74 bits per heavy atom. The number of unbranched alkanes of at least 4 members (excludes halogenated alkanes) is 1. The van der Waals surface area contributed by atoms with E-state index in [9.17, 15) is 9.90 Å². The van der Waals surface area contributed by atoms with Gasteiger partial charge in [-0.3, -0.25) is 4.79 Å². The smallest absolute Gasteiger partial charge is 0.284 e. The normalized spacial score (nSPS) is 23.3.